The molecule has 39 heavy (non-hydrogen) atoms. The van der Waals surface area contributed by atoms with Crippen LogP contribution in [0.25, 0.3) is 0 Å². The van der Waals surface area contributed by atoms with Gasteiger partial charge in [0.15, 0.2) is 18.9 Å². The summed E-state index contributed by atoms with van der Waals surface area (Å²) in [4.78, 5) is 27.3. The molecule has 3 aromatic rings. The lowest BCUT2D eigenvalue weighted by Crippen LogP contribution is -2.35. The first-order valence-corrected chi connectivity index (χ1v) is 12.7. The summed E-state index contributed by atoms with van der Waals surface area (Å²) < 4.78 is 19.2. The smallest absolute Gasteiger partial charge is 0.343 e. The van der Waals surface area contributed by atoms with Crippen LogP contribution in [0.3, 0.4) is 0 Å². The summed E-state index contributed by atoms with van der Waals surface area (Å²) in [7, 11) is 4.02. The minimum Gasteiger partial charge on any atom is -0.508 e. The van der Waals surface area contributed by atoms with Crippen molar-refractivity contribution >= 4 is 17.6 Å². The minimum atomic E-state index is -0.541. The third-order valence-corrected chi connectivity index (χ3v) is 6.60. The maximum Gasteiger partial charge on any atom is 0.343 e. The standard InChI is InChI=1S/C31H32N2O6/c1-21-22(2)29(14-13-28(21)38-30(35)23-5-9-26(34)10-6-23)39-31(36)24-7-11-27(12-8-24)37-20-19-33-17-15-25(16-18-33)32(3)4/h5-7,9-11,13-18H,8,12,19-20H2,1-4H3/p+1. The van der Waals surface area contributed by atoms with Crippen LogP contribution in [0.5, 0.6) is 17.2 Å². The van der Waals surface area contributed by atoms with Crippen molar-refractivity contribution in [3.05, 3.63) is 101 Å². The fourth-order valence-electron chi connectivity index (χ4n) is 4.00. The predicted molar refractivity (Wildman–Crippen MR) is 147 cm³/mol. The minimum absolute atomic E-state index is 0.0677. The number of allylic oxidation sites excluding steroid dienone is 3. The number of phenolic OH excluding ortho intramolecular Hbond substituents is 1. The summed E-state index contributed by atoms with van der Waals surface area (Å²) >= 11 is 0. The van der Waals surface area contributed by atoms with Gasteiger partial charge in [-0.05, 0) is 79.9 Å². The quantitative estimate of drug-likeness (QED) is 0.242. The van der Waals surface area contributed by atoms with Crippen LogP contribution < -0.4 is 18.9 Å². The molecule has 0 bridgehead atoms. The van der Waals surface area contributed by atoms with Gasteiger partial charge in [0.1, 0.15) is 23.9 Å². The van der Waals surface area contributed by atoms with Crippen molar-refractivity contribution in [1.29, 1.82) is 0 Å². The summed E-state index contributed by atoms with van der Waals surface area (Å²) in [5.74, 6) is 0.727. The fourth-order valence-corrected chi connectivity index (χ4v) is 4.00. The van der Waals surface area contributed by atoms with E-state index in [4.69, 9.17) is 14.2 Å². The van der Waals surface area contributed by atoms with E-state index in [0.29, 0.717) is 53.2 Å². The van der Waals surface area contributed by atoms with E-state index >= 15 is 0 Å². The first kappa shape index (κ1) is 27.4. The zero-order chi connectivity index (χ0) is 27.9. The molecule has 8 nitrogen and oxygen atoms in total. The van der Waals surface area contributed by atoms with Crippen LogP contribution >= 0.6 is 0 Å². The lowest BCUT2D eigenvalue weighted by atomic mass is 10.0. The molecular weight excluding hydrogens is 496 g/mol. The molecule has 1 N–H and O–H groups in total. The van der Waals surface area contributed by atoms with Crippen LogP contribution in [0, 0.1) is 13.8 Å². The van der Waals surface area contributed by atoms with Gasteiger partial charge in [-0.2, -0.15) is 0 Å². The van der Waals surface area contributed by atoms with E-state index < -0.39 is 11.9 Å². The van der Waals surface area contributed by atoms with E-state index in [0.717, 1.165) is 18.0 Å². The number of pyridine rings is 1. The van der Waals surface area contributed by atoms with Crippen LogP contribution in [0.4, 0.5) is 5.69 Å². The maximum absolute atomic E-state index is 12.8. The lowest BCUT2D eigenvalue weighted by molar-refractivity contribution is -0.698. The van der Waals surface area contributed by atoms with Crippen LogP contribution in [0.15, 0.2) is 84.4 Å². The van der Waals surface area contributed by atoms with E-state index in [1.54, 1.807) is 25.1 Å². The van der Waals surface area contributed by atoms with Crippen molar-refractivity contribution in [2.45, 2.75) is 33.2 Å². The Balaban J connectivity index is 1.31. The number of nitrogens with zero attached hydrogens (tertiary/aromatic N) is 2. The number of esters is 2. The van der Waals surface area contributed by atoms with Crippen molar-refractivity contribution in [2.75, 3.05) is 25.6 Å². The number of phenols is 1. The number of aromatic hydroxyl groups is 1. The Morgan fingerprint density at radius 1 is 0.846 bits per heavy atom. The molecule has 0 unspecified atom stereocenters. The summed E-state index contributed by atoms with van der Waals surface area (Å²) in [5, 5.41) is 9.40. The third-order valence-electron chi connectivity index (χ3n) is 6.60. The number of rotatable bonds is 9. The average molecular weight is 530 g/mol. The van der Waals surface area contributed by atoms with Crippen LogP contribution in [-0.2, 0) is 16.1 Å². The molecule has 0 saturated heterocycles. The molecule has 8 heteroatoms. The summed E-state index contributed by atoms with van der Waals surface area (Å²) in [5.41, 5.74) is 3.41. The van der Waals surface area contributed by atoms with Crippen molar-refractivity contribution in [3.63, 3.8) is 0 Å². The number of carbonyl (C=O) groups excluding carboxylic acids is 2. The first-order valence-electron chi connectivity index (χ1n) is 12.7. The molecule has 1 aliphatic rings. The van der Waals surface area contributed by atoms with E-state index in [-0.39, 0.29) is 5.75 Å². The number of carbonyl (C=O) groups is 2. The zero-order valence-corrected chi connectivity index (χ0v) is 22.6. The molecule has 0 aliphatic heterocycles. The second-order valence-electron chi connectivity index (χ2n) is 9.50. The van der Waals surface area contributed by atoms with E-state index in [1.807, 2.05) is 39.5 Å². The van der Waals surface area contributed by atoms with Gasteiger partial charge < -0.3 is 24.2 Å². The largest absolute Gasteiger partial charge is 0.508 e. The monoisotopic (exact) mass is 529 g/mol. The second-order valence-corrected chi connectivity index (χ2v) is 9.50. The van der Waals surface area contributed by atoms with E-state index in [2.05, 4.69) is 21.6 Å². The SMILES string of the molecule is Cc1c(OC(=O)C2=CC=C(OCC[n+]3ccc(N(C)C)cc3)CC2)ccc(OC(=O)c2ccc(O)cc2)c1C. The normalized spacial score (nSPS) is 12.7. The Morgan fingerprint density at radius 2 is 1.46 bits per heavy atom. The van der Waals surface area contributed by atoms with Crippen LogP contribution in [0.1, 0.15) is 34.3 Å². The van der Waals surface area contributed by atoms with Gasteiger partial charge in [0.2, 0.25) is 0 Å². The number of anilines is 1. The molecule has 0 fully saturated rings. The average Bonchev–Trinajstić information content (AvgIpc) is 2.93. The zero-order valence-electron chi connectivity index (χ0n) is 22.6. The van der Waals surface area contributed by atoms with E-state index in [9.17, 15) is 14.7 Å². The third kappa shape index (κ3) is 7.04. The Morgan fingerprint density at radius 3 is 2.03 bits per heavy atom. The highest BCUT2D eigenvalue weighted by molar-refractivity contribution is 5.92. The van der Waals surface area contributed by atoms with Crippen LogP contribution in [0.2, 0.25) is 0 Å². The predicted octanol–water partition coefficient (Wildman–Crippen LogP) is 4.81. The highest BCUT2D eigenvalue weighted by Crippen LogP contribution is 2.31. The highest BCUT2D eigenvalue weighted by Gasteiger charge is 2.19. The van der Waals surface area contributed by atoms with Gasteiger partial charge >= 0.3 is 11.9 Å². The molecule has 0 spiro atoms. The summed E-state index contributed by atoms with van der Waals surface area (Å²) in [6.45, 7) is 4.87. The first-order chi connectivity index (χ1) is 18.7. The molecule has 2 aromatic carbocycles. The van der Waals surface area contributed by atoms with Gasteiger partial charge in [-0.25, -0.2) is 14.2 Å². The van der Waals surface area contributed by atoms with Crippen LogP contribution in [-0.4, -0.2) is 37.7 Å². The highest BCUT2D eigenvalue weighted by atomic mass is 16.5. The molecule has 1 aromatic heterocycles. The molecule has 202 valence electrons. The van der Waals surface area contributed by atoms with E-state index in [1.165, 1.54) is 24.3 Å². The molecule has 0 radical (unpaired) electrons. The Bertz CT molecular complexity index is 1410. The number of aromatic nitrogens is 1. The lowest BCUT2D eigenvalue weighted by Gasteiger charge is -2.16. The van der Waals surface area contributed by atoms with Crippen molar-refractivity contribution < 1.29 is 33.5 Å². The second kappa shape index (κ2) is 12.3. The summed E-state index contributed by atoms with van der Waals surface area (Å²) in [6.07, 6.45) is 8.76. The van der Waals surface area contributed by atoms with Gasteiger partial charge in [0, 0.05) is 43.9 Å². The number of ether oxygens (including phenoxy) is 3. The molecule has 4 rings (SSSR count). The van der Waals surface area contributed by atoms with Crippen molar-refractivity contribution in [3.8, 4) is 17.2 Å². The number of hydrogen-bond acceptors (Lipinski definition) is 7. The topological polar surface area (TPSA) is 89.2 Å². The van der Waals surface area contributed by atoms with Crippen molar-refractivity contribution in [2.24, 2.45) is 0 Å². The Hall–Kier alpha value is -4.59. The molecule has 0 saturated carbocycles. The van der Waals surface area contributed by atoms with Crippen molar-refractivity contribution in [1.82, 2.24) is 0 Å². The molecular formula is C31H33N2O6+. The van der Waals surface area contributed by atoms with Gasteiger partial charge in [0.05, 0.1) is 11.3 Å². The summed E-state index contributed by atoms with van der Waals surface area (Å²) in [6, 6.07) is 13.2. The molecule has 0 amide bonds. The molecule has 1 aliphatic carbocycles. The molecule has 1 heterocycles. The number of hydrogen-bond donors (Lipinski definition) is 1. The molecule has 0 atom stereocenters. The van der Waals surface area contributed by atoms with Gasteiger partial charge in [-0.1, -0.05) is 0 Å². The maximum atomic E-state index is 12.8. The van der Waals surface area contributed by atoms with Gasteiger partial charge in [-0.3, -0.25) is 0 Å². The Kier molecular flexibility index (Phi) is 8.66. The Labute approximate surface area is 228 Å². The van der Waals surface area contributed by atoms with Gasteiger partial charge in [0.25, 0.3) is 0 Å². The van der Waals surface area contributed by atoms with Gasteiger partial charge in [-0.15, -0.1) is 0 Å². The fraction of sp³-hybridized carbons (Fsp3) is 0.258. The number of benzene rings is 2.